The molecule has 0 spiro atoms. The second-order valence-corrected chi connectivity index (χ2v) is 13.9. The minimum atomic E-state index is -0.602. The molecule has 11 nitrogen and oxygen atoms in total. The summed E-state index contributed by atoms with van der Waals surface area (Å²) in [6.45, 7) is 7.97. The maximum absolute atomic E-state index is 13.1. The van der Waals surface area contributed by atoms with E-state index in [9.17, 15) is 4.79 Å². The van der Waals surface area contributed by atoms with Crippen LogP contribution in [0, 0.1) is 0 Å². The molecule has 5 aromatic rings. The highest BCUT2D eigenvalue weighted by Gasteiger charge is 2.35. The molecule has 0 radical (unpaired) electrons. The van der Waals surface area contributed by atoms with E-state index in [-0.39, 0.29) is 38.1 Å². The van der Waals surface area contributed by atoms with E-state index >= 15 is 0 Å². The molecule has 2 unspecified atom stereocenters. The molecule has 0 saturated carbocycles. The molecule has 2 aromatic heterocycles. The van der Waals surface area contributed by atoms with Gasteiger partial charge in [-0.1, -0.05) is 59.8 Å². The average molecular weight is 702 g/mol. The molecular weight excluding hydrogens is 658 g/mol. The van der Waals surface area contributed by atoms with E-state index in [1.807, 2.05) is 92.9 Å². The van der Waals surface area contributed by atoms with Gasteiger partial charge in [-0.05, 0) is 61.7 Å². The molecular formula is C38H43N3O8S. The van der Waals surface area contributed by atoms with Gasteiger partial charge < -0.3 is 37.8 Å². The third-order valence-corrected chi connectivity index (χ3v) is 9.09. The molecule has 0 bridgehead atoms. The second kappa shape index (κ2) is 16.5. The smallest absolute Gasteiger partial charge is 0.410 e. The molecule has 3 heterocycles. The Balaban J connectivity index is 1.17. The zero-order chi connectivity index (χ0) is 34.9. The third-order valence-electron chi connectivity index (χ3n) is 8.22. The molecule has 0 aliphatic carbocycles. The Morgan fingerprint density at radius 3 is 2.60 bits per heavy atom. The first-order valence-electron chi connectivity index (χ1n) is 16.7. The van der Waals surface area contributed by atoms with Crippen molar-refractivity contribution in [2.45, 2.75) is 58.0 Å². The van der Waals surface area contributed by atoms with Crippen molar-refractivity contribution in [3.8, 4) is 22.2 Å². The predicted molar refractivity (Wildman–Crippen MR) is 189 cm³/mol. The standard InChI is InChI=1S/C38H43N3O8S/c1-38(2,3)48-37(42)41-18-17-30(27-13-15-29(16-14-27)45-24-34-39-36(40-49-34)33-10-7-21-50-33)32(22-41)46-23-28-12-11-26-8-5-6-9-31(26)35(28)47-25-44-20-19-43-4/h5-16,21,30,32H,17-20,22-25H2,1-4H3. The predicted octanol–water partition coefficient (Wildman–Crippen LogP) is 7.84. The van der Waals surface area contributed by atoms with Gasteiger partial charge in [0.2, 0.25) is 5.82 Å². The lowest BCUT2D eigenvalue weighted by molar-refractivity contribution is -0.0379. The van der Waals surface area contributed by atoms with E-state index in [4.69, 9.17) is 32.9 Å². The van der Waals surface area contributed by atoms with Crippen LogP contribution in [-0.2, 0) is 32.2 Å². The molecule has 1 aliphatic rings. The van der Waals surface area contributed by atoms with E-state index in [0.29, 0.717) is 55.9 Å². The summed E-state index contributed by atoms with van der Waals surface area (Å²) in [5.41, 5.74) is 1.37. The summed E-state index contributed by atoms with van der Waals surface area (Å²) in [5.74, 6) is 2.37. The van der Waals surface area contributed by atoms with Crippen LogP contribution in [0.15, 0.2) is 82.7 Å². The average Bonchev–Trinajstić information content (AvgIpc) is 3.83. The topological polar surface area (TPSA) is 115 Å². The SMILES string of the molecule is COCCOCOc1c(COC2CN(C(=O)OC(C)(C)C)CCC2c2ccc(OCc3nc(-c4cccs4)no3)cc2)ccc2ccccc12. The summed E-state index contributed by atoms with van der Waals surface area (Å²) in [6.07, 6.45) is 0.0420. The number of thiophene rings is 1. The lowest BCUT2D eigenvalue weighted by Crippen LogP contribution is -2.48. The van der Waals surface area contributed by atoms with E-state index in [1.54, 1.807) is 23.3 Å². The van der Waals surface area contributed by atoms with Gasteiger partial charge in [0.1, 0.15) is 17.1 Å². The number of fused-ring (bicyclic) bond motifs is 1. The number of methoxy groups -OCH3 is 1. The maximum Gasteiger partial charge on any atom is 0.410 e. The van der Waals surface area contributed by atoms with Gasteiger partial charge in [0.15, 0.2) is 13.4 Å². The number of ether oxygens (including phenoxy) is 6. The van der Waals surface area contributed by atoms with Crippen LogP contribution in [0.4, 0.5) is 4.79 Å². The Morgan fingerprint density at radius 1 is 0.980 bits per heavy atom. The van der Waals surface area contributed by atoms with Crippen LogP contribution in [0.5, 0.6) is 11.5 Å². The van der Waals surface area contributed by atoms with Crippen LogP contribution in [0.3, 0.4) is 0 Å². The molecule has 3 aromatic carbocycles. The Hall–Kier alpha value is -4.49. The number of hydrogen-bond acceptors (Lipinski definition) is 11. The number of piperidine rings is 1. The summed E-state index contributed by atoms with van der Waals surface area (Å²) < 4.78 is 40.7. The van der Waals surface area contributed by atoms with E-state index in [2.05, 4.69) is 16.2 Å². The van der Waals surface area contributed by atoms with Crippen molar-refractivity contribution in [1.29, 1.82) is 0 Å². The number of hydrogen-bond donors (Lipinski definition) is 0. The van der Waals surface area contributed by atoms with Crippen molar-refractivity contribution in [1.82, 2.24) is 15.0 Å². The molecule has 2 atom stereocenters. The number of rotatable bonds is 14. The van der Waals surface area contributed by atoms with Gasteiger partial charge in [-0.2, -0.15) is 4.98 Å². The number of nitrogens with zero attached hydrogens (tertiary/aromatic N) is 3. The van der Waals surface area contributed by atoms with E-state index in [0.717, 1.165) is 26.8 Å². The summed E-state index contributed by atoms with van der Waals surface area (Å²) in [4.78, 5) is 20.3. The van der Waals surface area contributed by atoms with E-state index < -0.39 is 5.60 Å². The molecule has 6 rings (SSSR count). The lowest BCUT2D eigenvalue weighted by Gasteiger charge is -2.39. The number of carbonyl (C=O) groups excluding carboxylic acids is 1. The van der Waals surface area contributed by atoms with Crippen LogP contribution in [0.2, 0.25) is 0 Å². The van der Waals surface area contributed by atoms with Crippen molar-refractivity contribution in [2.24, 2.45) is 0 Å². The Morgan fingerprint density at radius 2 is 1.82 bits per heavy atom. The summed E-state index contributed by atoms with van der Waals surface area (Å²) in [6, 6.07) is 24.0. The Kier molecular flexibility index (Phi) is 11.6. The van der Waals surface area contributed by atoms with Crippen molar-refractivity contribution in [2.75, 3.05) is 40.2 Å². The molecule has 1 amide bonds. The number of benzene rings is 3. The van der Waals surface area contributed by atoms with Crippen molar-refractivity contribution >= 4 is 28.2 Å². The molecule has 264 valence electrons. The molecule has 0 N–H and O–H groups in total. The Labute approximate surface area is 296 Å². The van der Waals surface area contributed by atoms with Crippen molar-refractivity contribution < 1.29 is 37.7 Å². The summed E-state index contributed by atoms with van der Waals surface area (Å²) in [7, 11) is 1.63. The molecule has 12 heteroatoms. The minimum absolute atomic E-state index is 0.0224. The molecule has 50 heavy (non-hydrogen) atoms. The summed E-state index contributed by atoms with van der Waals surface area (Å²) >= 11 is 1.55. The van der Waals surface area contributed by atoms with Gasteiger partial charge in [0.25, 0.3) is 5.89 Å². The quantitative estimate of drug-likeness (QED) is 0.0838. The number of carbonyl (C=O) groups is 1. The van der Waals surface area contributed by atoms with Gasteiger partial charge in [-0.25, -0.2) is 4.79 Å². The second-order valence-electron chi connectivity index (χ2n) is 13.0. The first kappa shape index (κ1) is 35.3. The van der Waals surface area contributed by atoms with Crippen LogP contribution in [0.25, 0.3) is 21.5 Å². The molecule has 1 aliphatic heterocycles. The fourth-order valence-electron chi connectivity index (χ4n) is 5.81. The zero-order valence-electron chi connectivity index (χ0n) is 28.8. The highest BCUT2D eigenvalue weighted by molar-refractivity contribution is 7.13. The van der Waals surface area contributed by atoms with Gasteiger partial charge in [-0.15, -0.1) is 11.3 Å². The summed E-state index contributed by atoms with van der Waals surface area (Å²) in [5, 5.41) is 8.05. The van der Waals surface area contributed by atoms with Crippen molar-refractivity contribution in [3.05, 3.63) is 95.2 Å². The fraction of sp³-hybridized carbons (Fsp3) is 0.395. The highest BCUT2D eigenvalue weighted by atomic mass is 32.1. The van der Waals surface area contributed by atoms with Gasteiger partial charge in [0.05, 0.1) is 37.3 Å². The van der Waals surface area contributed by atoms with Crippen LogP contribution in [0.1, 0.15) is 50.1 Å². The normalized spacial score (nSPS) is 16.4. The molecule has 1 saturated heterocycles. The molecule has 1 fully saturated rings. The first-order chi connectivity index (χ1) is 24.3. The number of aromatic nitrogens is 2. The first-order valence-corrected chi connectivity index (χ1v) is 17.5. The van der Waals surface area contributed by atoms with Gasteiger partial charge in [0, 0.05) is 30.5 Å². The minimum Gasteiger partial charge on any atom is -0.484 e. The van der Waals surface area contributed by atoms with Crippen molar-refractivity contribution in [3.63, 3.8) is 0 Å². The largest absolute Gasteiger partial charge is 0.484 e. The van der Waals surface area contributed by atoms with Gasteiger partial charge >= 0.3 is 6.09 Å². The highest BCUT2D eigenvalue weighted by Crippen LogP contribution is 2.35. The Bertz CT molecular complexity index is 1820. The van der Waals surface area contributed by atoms with Crippen LogP contribution in [-0.4, -0.2) is 73.0 Å². The van der Waals surface area contributed by atoms with Gasteiger partial charge in [-0.3, -0.25) is 0 Å². The number of amides is 1. The maximum atomic E-state index is 13.1. The van der Waals surface area contributed by atoms with Crippen LogP contribution >= 0.6 is 11.3 Å². The lowest BCUT2D eigenvalue weighted by atomic mass is 9.87. The third kappa shape index (κ3) is 9.19. The fourth-order valence-corrected chi connectivity index (χ4v) is 6.45. The number of likely N-dealkylation sites (tertiary alicyclic amines) is 1. The zero-order valence-corrected chi connectivity index (χ0v) is 29.6. The van der Waals surface area contributed by atoms with E-state index in [1.165, 1.54) is 0 Å². The monoisotopic (exact) mass is 701 g/mol. The van der Waals surface area contributed by atoms with Crippen LogP contribution < -0.4 is 9.47 Å².